The number of rotatable bonds is 5. The SMILES string of the molecule is CCCCC1CC(C(=O)N2CCC[C@H]2C(=O)OC)=NO1. The summed E-state index contributed by atoms with van der Waals surface area (Å²) in [5.74, 6) is -0.533. The molecule has 2 atom stereocenters. The third kappa shape index (κ3) is 3.11. The first-order valence-corrected chi connectivity index (χ1v) is 7.28. The summed E-state index contributed by atoms with van der Waals surface area (Å²) in [7, 11) is 1.35. The summed E-state index contributed by atoms with van der Waals surface area (Å²) in [6.45, 7) is 2.70. The molecule has 2 aliphatic rings. The second kappa shape index (κ2) is 6.72. The van der Waals surface area contributed by atoms with Gasteiger partial charge in [-0.3, -0.25) is 4.79 Å². The number of ether oxygens (including phenoxy) is 1. The molecule has 1 unspecified atom stereocenters. The van der Waals surface area contributed by atoms with Crippen molar-refractivity contribution in [3.63, 3.8) is 0 Å². The lowest BCUT2D eigenvalue weighted by atomic mass is 10.1. The van der Waals surface area contributed by atoms with Crippen molar-refractivity contribution in [3.8, 4) is 0 Å². The Hall–Kier alpha value is -1.59. The Morgan fingerprint density at radius 2 is 2.30 bits per heavy atom. The van der Waals surface area contributed by atoms with Crippen LogP contribution < -0.4 is 0 Å². The molecule has 0 aromatic rings. The number of nitrogens with zero attached hydrogens (tertiary/aromatic N) is 2. The van der Waals surface area contributed by atoms with Crippen LogP contribution in [-0.4, -0.2) is 48.3 Å². The number of amides is 1. The highest BCUT2D eigenvalue weighted by molar-refractivity contribution is 6.39. The minimum atomic E-state index is -0.468. The number of carbonyl (C=O) groups excluding carboxylic acids is 2. The maximum atomic E-state index is 12.4. The second-order valence-corrected chi connectivity index (χ2v) is 5.29. The number of hydrogen-bond acceptors (Lipinski definition) is 5. The molecule has 2 rings (SSSR count). The first-order chi connectivity index (χ1) is 9.67. The predicted octanol–water partition coefficient (Wildman–Crippen LogP) is 1.49. The van der Waals surface area contributed by atoms with Crippen LogP contribution in [0.3, 0.4) is 0 Å². The monoisotopic (exact) mass is 282 g/mol. The normalized spacial score (nSPS) is 25.3. The summed E-state index contributed by atoms with van der Waals surface area (Å²) < 4.78 is 4.75. The summed E-state index contributed by atoms with van der Waals surface area (Å²) in [5.41, 5.74) is 0.432. The summed E-state index contributed by atoms with van der Waals surface area (Å²) in [6.07, 6.45) is 5.11. The molecule has 0 aromatic carbocycles. The van der Waals surface area contributed by atoms with Crippen molar-refractivity contribution in [1.82, 2.24) is 4.90 Å². The lowest BCUT2D eigenvalue weighted by Crippen LogP contribution is -2.44. The van der Waals surface area contributed by atoms with Crippen LogP contribution in [0.1, 0.15) is 45.4 Å². The van der Waals surface area contributed by atoms with Crippen molar-refractivity contribution < 1.29 is 19.2 Å². The van der Waals surface area contributed by atoms with Crippen molar-refractivity contribution in [1.29, 1.82) is 0 Å². The van der Waals surface area contributed by atoms with Crippen LogP contribution in [0.4, 0.5) is 0 Å². The molecular weight excluding hydrogens is 260 g/mol. The Kier molecular flexibility index (Phi) is 4.98. The molecule has 6 heteroatoms. The Morgan fingerprint density at radius 3 is 3.00 bits per heavy atom. The van der Waals surface area contributed by atoms with Gasteiger partial charge < -0.3 is 14.5 Å². The molecule has 1 amide bonds. The van der Waals surface area contributed by atoms with Gasteiger partial charge in [-0.2, -0.15) is 0 Å². The molecule has 0 N–H and O–H groups in total. The Morgan fingerprint density at radius 1 is 1.50 bits per heavy atom. The van der Waals surface area contributed by atoms with Crippen LogP contribution in [0, 0.1) is 0 Å². The van der Waals surface area contributed by atoms with Crippen LogP contribution in [-0.2, 0) is 19.2 Å². The first-order valence-electron chi connectivity index (χ1n) is 7.28. The van der Waals surface area contributed by atoms with Crippen molar-refractivity contribution in [2.24, 2.45) is 5.16 Å². The highest BCUT2D eigenvalue weighted by Gasteiger charge is 2.38. The Bertz CT molecular complexity index is 408. The fourth-order valence-corrected chi connectivity index (χ4v) is 2.70. The van der Waals surface area contributed by atoms with Gasteiger partial charge in [0.25, 0.3) is 5.91 Å². The molecule has 0 aromatic heterocycles. The first kappa shape index (κ1) is 14.8. The van der Waals surface area contributed by atoms with Gasteiger partial charge in [0.05, 0.1) is 7.11 Å². The van der Waals surface area contributed by atoms with Gasteiger partial charge in [-0.15, -0.1) is 0 Å². The van der Waals surface area contributed by atoms with E-state index in [0.29, 0.717) is 25.1 Å². The molecule has 0 bridgehead atoms. The summed E-state index contributed by atoms with van der Waals surface area (Å²) in [5, 5.41) is 3.91. The Balaban J connectivity index is 1.93. The van der Waals surface area contributed by atoms with Gasteiger partial charge in [0.15, 0.2) is 0 Å². The summed E-state index contributed by atoms with van der Waals surface area (Å²) >= 11 is 0. The zero-order chi connectivity index (χ0) is 14.5. The average molecular weight is 282 g/mol. The number of hydrogen-bond donors (Lipinski definition) is 0. The van der Waals surface area contributed by atoms with Crippen molar-refractivity contribution in [2.45, 2.75) is 57.6 Å². The van der Waals surface area contributed by atoms with Crippen LogP contribution in [0.5, 0.6) is 0 Å². The maximum Gasteiger partial charge on any atom is 0.328 e. The molecule has 0 saturated carbocycles. The molecule has 112 valence electrons. The molecular formula is C14H22N2O4. The van der Waals surface area contributed by atoms with E-state index in [1.807, 2.05) is 0 Å². The fraction of sp³-hybridized carbons (Fsp3) is 0.786. The van der Waals surface area contributed by atoms with E-state index in [0.717, 1.165) is 25.7 Å². The van der Waals surface area contributed by atoms with E-state index in [4.69, 9.17) is 9.57 Å². The van der Waals surface area contributed by atoms with E-state index in [9.17, 15) is 9.59 Å². The van der Waals surface area contributed by atoms with Gasteiger partial charge in [0.2, 0.25) is 0 Å². The topological polar surface area (TPSA) is 68.2 Å². The van der Waals surface area contributed by atoms with E-state index >= 15 is 0 Å². The van der Waals surface area contributed by atoms with Crippen molar-refractivity contribution in [2.75, 3.05) is 13.7 Å². The van der Waals surface area contributed by atoms with Gasteiger partial charge in [-0.1, -0.05) is 18.5 Å². The molecule has 0 spiro atoms. The smallest absolute Gasteiger partial charge is 0.328 e. The predicted molar refractivity (Wildman–Crippen MR) is 73.2 cm³/mol. The largest absolute Gasteiger partial charge is 0.467 e. The highest BCUT2D eigenvalue weighted by atomic mass is 16.6. The number of unbranched alkanes of at least 4 members (excludes halogenated alkanes) is 1. The molecule has 20 heavy (non-hydrogen) atoms. The molecule has 6 nitrogen and oxygen atoms in total. The summed E-state index contributed by atoms with van der Waals surface area (Å²) in [6, 6.07) is -0.468. The fourth-order valence-electron chi connectivity index (χ4n) is 2.70. The third-order valence-electron chi connectivity index (χ3n) is 3.85. The number of oxime groups is 1. The molecule has 1 fully saturated rings. The van der Waals surface area contributed by atoms with Crippen molar-refractivity contribution in [3.05, 3.63) is 0 Å². The van der Waals surface area contributed by atoms with E-state index in [-0.39, 0.29) is 18.0 Å². The van der Waals surface area contributed by atoms with Crippen LogP contribution >= 0.6 is 0 Å². The molecule has 1 saturated heterocycles. The number of methoxy groups -OCH3 is 1. The van der Waals surface area contributed by atoms with Gasteiger partial charge in [-0.05, 0) is 25.7 Å². The molecule has 0 aliphatic carbocycles. The van der Waals surface area contributed by atoms with Gasteiger partial charge in [0, 0.05) is 13.0 Å². The standard InChI is InChI=1S/C14H22N2O4/c1-3-4-6-10-9-11(15-20-10)13(17)16-8-5-7-12(16)14(18)19-2/h10,12H,3-9H2,1-2H3/t10?,12-/m0/s1. The highest BCUT2D eigenvalue weighted by Crippen LogP contribution is 2.23. The quantitative estimate of drug-likeness (QED) is 0.716. The minimum absolute atomic E-state index is 0.00748. The van der Waals surface area contributed by atoms with Gasteiger partial charge in [0.1, 0.15) is 17.9 Å². The Labute approximate surface area is 119 Å². The van der Waals surface area contributed by atoms with Crippen LogP contribution in [0.15, 0.2) is 5.16 Å². The zero-order valence-electron chi connectivity index (χ0n) is 12.1. The third-order valence-corrected chi connectivity index (χ3v) is 3.85. The van der Waals surface area contributed by atoms with Crippen LogP contribution in [0.2, 0.25) is 0 Å². The number of carbonyl (C=O) groups is 2. The average Bonchev–Trinajstić information content (AvgIpc) is 3.12. The zero-order valence-corrected chi connectivity index (χ0v) is 12.1. The van der Waals surface area contributed by atoms with Gasteiger partial charge in [-0.25, -0.2) is 4.79 Å². The molecule has 0 radical (unpaired) electrons. The number of likely N-dealkylation sites (tertiary alicyclic amines) is 1. The van der Waals surface area contributed by atoms with Crippen LogP contribution in [0.25, 0.3) is 0 Å². The second-order valence-electron chi connectivity index (χ2n) is 5.29. The maximum absolute atomic E-state index is 12.4. The minimum Gasteiger partial charge on any atom is -0.467 e. The molecule has 2 heterocycles. The molecule has 2 aliphatic heterocycles. The van der Waals surface area contributed by atoms with E-state index in [2.05, 4.69) is 12.1 Å². The lowest BCUT2D eigenvalue weighted by Gasteiger charge is -2.22. The number of esters is 1. The van der Waals surface area contributed by atoms with E-state index < -0.39 is 6.04 Å². The van der Waals surface area contributed by atoms with E-state index in [1.54, 1.807) is 4.90 Å². The van der Waals surface area contributed by atoms with E-state index in [1.165, 1.54) is 7.11 Å². The van der Waals surface area contributed by atoms with Crippen molar-refractivity contribution >= 4 is 17.6 Å². The lowest BCUT2D eigenvalue weighted by molar-refractivity contribution is -0.149. The van der Waals surface area contributed by atoms with Gasteiger partial charge >= 0.3 is 5.97 Å². The summed E-state index contributed by atoms with van der Waals surface area (Å²) in [4.78, 5) is 30.9.